The van der Waals surface area contributed by atoms with E-state index < -0.39 is 0 Å². The zero-order chi connectivity index (χ0) is 9.73. The largest absolute Gasteiger partial charge is 0.286 e. The van der Waals surface area contributed by atoms with E-state index in [4.69, 9.17) is 5.21 Å². The van der Waals surface area contributed by atoms with Gasteiger partial charge in [-0.2, -0.15) is 0 Å². The first-order valence-electron chi connectivity index (χ1n) is 4.19. The van der Waals surface area contributed by atoms with Crippen molar-refractivity contribution in [1.82, 2.24) is 5.06 Å². The number of amides is 1. The number of carbonyl (C=O) groups excluding carboxylic acids is 1. The van der Waals surface area contributed by atoms with Gasteiger partial charge in [0, 0.05) is 7.05 Å². The fraction of sp³-hybridized carbons (Fsp3) is 0.889. The smallest absolute Gasteiger partial charge is 0.249 e. The first-order valence-corrected chi connectivity index (χ1v) is 4.19. The third-order valence-corrected chi connectivity index (χ3v) is 3.59. The molecule has 0 aromatic rings. The second kappa shape index (κ2) is 2.22. The Hall–Kier alpha value is -0.570. The number of hydrogen-bond donors (Lipinski definition) is 1. The maximum Gasteiger partial charge on any atom is 0.249 e. The number of hydroxylamine groups is 2. The van der Waals surface area contributed by atoms with Gasteiger partial charge in [-0.25, -0.2) is 5.06 Å². The molecule has 0 radical (unpaired) electrons. The van der Waals surface area contributed by atoms with E-state index >= 15 is 0 Å². The number of nitrogens with zero attached hydrogens (tertiary/aromatic N) is 1. The van der Waals surface area contributed by atoms with Gasteiger partial charge in [0.1, 0.15) is 0 Å². The highest BCUT2D eigenvalue weighted by Crippen LogP contribution is 2.68. The van der Waals surface area contributed by atoms with E-state index in [2.05, 4.69) is 27.7 Å². The van der Waals surface area contributed by atoms with Gasteiger partial charge < -0.3 is 0 Å². The quantitative estimate of drug-likeness (QED) is 0.480. The molecule has 0 heterocycles. The van der Waals surface area contributed by atoms with Crippen molar-refractivity contribution in [2.24, 2.45) is 16.7 Å². The summed E-state index contributed by atoms with van der Waals surface area (Å²) in [4.78, 5) is 11.4. The topological polar surface area (TPSA) is 40.5 Å². The van der Waals surface area contributed by atoms with E-state index in [-0.39, 0.29) is 22.7 Å². The van der Waals surface area contributed by atoms with Crippen LogP contribution in [0.4, 0.5) is 0 Å². The molecule has 0 saturated heterocycles. The molecule has 0 atom stereocenters. The van der Waals surface area contributed by atoms with E-state index in [9.17, 15) is 4.79 Å². The molecule has 3 nitrogen and oxygen atoms in total. The van der Waals surface area contributed by atoms with Gasteiger partial charge in [0.25, 0.3) is 0 Å². The standard InChI is InChI=1S/C9H17NO2/c1-8(2)6(9(8,3)4)7(11)10(5)12/h6,12H,1-5H3. The Balaban J connectivity index is 2.78. The van der Waals surface area contributed by atoms with Crippen LogP contribution in [0, 0.1) is 16.7 Å². The molecule has 0 spiro atoms. The van der Waals surface area contributed by atoms with Gasteiger partial charge in [-0.15, -0.1) is 0 Å². The Morgan fingerprint density at radius 2 is 1.58 bits per heavy atom. The van der Waals surface area contributed by atoms with Crippen LogP contribution in [0.1, 0.15) is 27.7 Å². The molecular formula is C9H17NO2. The van der Waals surface area contributed by atoms with Crippen LogP contribution in [-0.2, 0) is 4.79 Å². The van der Waals surface area contributed by atoms with Crippen LogP contribution in [0.3, 0.4) is 0 Å². The highest BCUT2D eigenvalue weighted by molar-refractivity contribution is 5.83. The van der Waals surface area contributed by atoms with Gasteiger partial charge >= 0.3 is 0 Å². The summed E-state index contributed by atoms with van der Waals surface area (Å²) in [5.41, 5.74) is 0.0299. The van der Waals surface area contributed by atoms with Gasteiger partial charge in [0.15, 0.2) is 0 Å². The van der Waals surface area contributed by atoms with Crippen molar-refractivity contribution in [2.75, 3.05) is 7.05 Å². The molecule has 1 saturated carbocycles. The molecule has 0 bridgehead atoms. The molecular weight excluding hydrogens is 154 g/mol. The molecule has 1 rings (SSSR count). The van der Waals surface area contributed by atoms with Crippen LogP contribution >= 0.6 is 0 Å². The molecule has 3 heteroatoms. The summed E-state index contributed by atoms with van der Waals surface area (Å²) in [7, 11) is 1.38. The van der Waals surface area contributed by atoms with Gasteiger partial charge in [0.05, 0.1) is 5.92 Å². The molecule has 0 aliphatic heterocycles. The van der Waals surface area contributed by atoms with Crippen LogP contribution in [0.15, 0.2) is 0 Å². The molecule has 1 fully saturated rings. The van der Waals surface area contributed by atoms with Gasteiger partial charge in [-0.3, -0.25) is 10.0 Å². The monoisotopic (exact) mass is 171 g/mol. The predicted molar refractivity (Wildman–Crippen MR) is 45.6 cm³/mol. The average Bonchev–Trinajstić information content (AvgIpc) is 2.23. The van der Waals surface area contributed by atoms with Gasteiger partial charge in [0.2, 0.25) is 5.91 Å². The van der Waals surface area contributed by atoms with Crippen LogP contribution in [0.5, 0.6) is 0 Å². The third kappa shape index (κ3) is 0.959. The highest BCUT2D eigenvalue weighted by atomic mass is 16.5. The van der Waals surface area contributed by atoms with Crippen molar-refractivity contribution in [3.05, 3.63) is 0 Å². The Morgan fingerprint density at radius 1 is 1.25 bits per heavy atom. The molecule has 1 N–H and O–H groups in total. The van der Waals surface area contributed by atoms with Crippen LogP contribution in [-0.4, -0.2) is 23.2 Å². The van der Waals surface area contributed by atoms with Crippen molar-refractivity contribution in [2.45, 2.75) is 27.7 Å². The van der Waals surface area contributed by atoms with E-state index in [0.29, 0.717) is 5.06 Å². The van der Waals surface area contributed by atoms with Crippen molar-refractivity contribution in [1.29, 1.82) is 0 Å². The lowest BCUT2D eigenvalue weighted by molar-refractivity contribution is -0.162. The molecule has 1 aliphatic rings. The molecule has 12 heavy (non-hydrogen) atoms. The molecule has 0 aromatic heterocycles. The molecule has 70 valence electrons. The van der Waals surface area contributed by atoms with Gasteiger partial charge in [-0.1, -0.05) is 27.7 Å². The summed E-state index contributed by atoms with van der Waals surface area (Å²) in [6.45, 7) is 8.22. The average molecular weight is 171 g/mol. The minimum atomic E-state index is -0.176. The van der Waals surface area contributed by atoms with Crippen LogP contribution < -0.4 is 0 Å². The summed E-state index contributed by atoms with van der Waals surface area (Å²) in [6, 6.07) is 0. The SMILES string of the molecule is CN(O)C(=O)C1C(C)(C)C1(C)C. The minimum absolute atomic E-state index is 0.0150. The van der Waals surface area contributed by atoms with E-state index in [1.807, 2.05) is 0 Å². The Labute approximate surface area is 73.3 Å². The number of carbonyl (C=O) groups is 1. The van der Waals surface area contributed by atoms with E-state index in [1.165, 1.54) is 7.05 Å². The highest BCUT2D eigenvalue weighted by Gasteiger charge is 2.68. The summed E-state index contributed by atoms with van der Waals surface area (Å²) in [6.07, 6.45) is 0. The summed E-state index contributed by atoms with van der Waals surface area (Å²) in [5.74, 6) is -0.218. The van der Waals surface area contributed by atoms with E-state index in [1.54, 1.807) is 0 Å². The lowest BCUT2D eigenvalue weighted by atomic mass is 10.0. The fourth-order valence-corrected chi connectivity index (χ4v) is 2.00. The van der Waals surface area contributed by atoms with Crippen LogP contribution in [0.2, 0.25) is 0 Å². The van der Waals surface area contributed by atoms with Crippen molar-refractivity contribution >= 4 is 5.91 Å². The van der Waals surface area contributed by atoms with Crippen molar-refractivity contribution in [3.63, 3.8) is 0 Å². The number of rotatable bonds is 1. The summed E-state index contributed by atoms with van der Waals surface area (Å²) >= 11 is 0. The van der Waals surface area contributed by atoms with Gasteiger partial charge in [-0.05, 0) is 10.8 Å². The molecule has 0 aromatic carbocycles. The normalized spacial score (nSPS) is 25.2. The Morgan fingerprint density at radius 3 is 1.67 bits per heavy atom. The maximum atomic E-state index is 11.4. The zero-order valence-corrected chi connectivity index (χ0v) is 8.38. The maximum absolute atomic E-state index is 11.4. The lowest BCUT2D eigenvalue weighted by Crippen LogP contribution is -2.26. The van der Waals surface area contributed by atoms with E-state index in [0.717, 1.165) is 0 Å². The van der Waals surface area contributed by atoms with Crippen molar-refractivity contribution < 1.29 is 10.0 Å². The third-order valence-electron chi connectivity index (χ3n) is 3.59. The fourth-order valence-electron chi connectivity index (χ4n) is 2.00. The second-order valence-electron chi connectivity index (χ2n) is 4.74. The molecule has 1 amide bonds. The molecule has 1 aliphatic carbocycles. The number of hydrogen-bond acceptors (Lipinski definition) is 2. The molecule has 0 unspecified atom stereocenters. The second-order valence-corrected chi connectivity index (χ2v) is 4.74. The predicted octanol–water partition coefficient (Wildman–Crippen LogP) is 1.52. The zero-order valence-electron chi connectivity index (χ0n) is 8.38. The Bertz CT molecular complexity index is 205. The summed E-state index contributed by atoms with van der Waals surface area (Å²) < 4.78 is 0. The first kappa shape index (κ1) is 9.52. The first-order chi connectivity index (χ1) is 5.23. The van der Waals surface area contributed by atoms with Crippen LogP contribution in [0.25, 0.3) is 0 Å². The van der Waals surface area contributed by atoms with Crippen molar-refractivity contribution in [3.8, 4) is 0 Å². The minimum Gasteiger partial charge on any atom is -0.286 e. The summed E-state index contributed by atoms with van der Waals surface area (Å²) in [5, 5.41) is 9.68. The lowest BCUT2D eigenvalue weighted by Gasteiger charge is -2.08. The Kier molecular flexibility index (Phi) is 1.76.